The highest BCUT2D eigenvalue weighted by molar-refractivity contribution is 6.31. The van der Waals surface area contributed by atoms with Crippen molar-refractivity contribution in [2.24, 2.45) is 11.1 Å². The molecule has 3 aromatic carbocycles. The second kappa shape index (κ2) is 11.9. The van der Waals surface area contributed by atoms with Crippen molar-refractivity contribution < 1.29 is 14.4 Å². The summed E-state index contributed by atoms with van der Waals surface area (Å²) < 4.78 is 0. The standard InChI is InChI=1S/C33H38ClN3O3/c1-21(27-12-8-9-13-28(27)34)36(19-23-14-16-24(17-15-23)22(2)38)31(39)29-18-25-10-6-7-11-26(25)20-37(29)32(40)30(35)33(3,4)5/h6-17,21,29-30H,18-20,35H2,1-5H3/t21-,29+,30-/m1/s1. The average Bonchev–Trinajstić information content (AvgIpc) is 2.93. The number of amides is 2. The van der Waals surface area contributed by atoms with Crippen LogP contribution in [-0.2, 0) is 29.1 Å². The number of rotatable bonds is 7. The van der Waals surface area contributed by atoms with Gasteiger partial charge in [0.1, 0.15) is 6.04 Å². The summed E-state index contributed by atoms with van der Waals surface area (Å²) in [5.74, 6) is -0.433. The summed E-state index contributed by atoms with van der Waals surface area (Å²) in [7, 11) is 0. The first kappa shape index (κ1) is 29.5. The molecule has 3 aromatic rings. The first-order valence-electron chi connectivity index (χ1n) is 13.7. The summed E-state index contributed by atoms with van der Waals surface area (Å²) in [6.45, 7) is 9.88. The number of carbonyl (C=O) groups is 3. The van der Waals surface area contributed by atoms with Crippen LogP contribution in [0.15, 0.2) is 72.8 Å². The van der Waals surface area contributed by atoms with Crippen molar-refractivity contribution in [1.82, 2.24) is 9.80 Å². The number of nitrogens with two attached hydrogens (primary N) is 1. The molecule has 0 fully saturated rings. The quantitative estimate of drug-likeness (QED) is 0.362. The van der Waals surface area contributed by atoms with Gasteiger partial charge in [0.2, 0.25) is 11.8 Å². The van der Waals surface area contributed by atoms with Crippen LogP contribution in [0.5, 0.6) is 0 Å². The highest BCUT2D eigenvalue weighted by atomic mass is 35.5. The van der Waals surface area contributed by atoms with Gasteiger partial charge in [-0.2, -0.15) is 0 Å². The molecule has 2 amide bonds. The Kier molecular flexibility index (Phi) is 8.81. The third-order valence-corrected chi connectivity index (χ3v) is 8.18. The van der Waals surface area contributed by atoms with Crippen LogP contribution in [0.1, 0.15) is 73.3 Å². The maximum Gasteiger partial charge on any atom is 0.246 e. The SMILES string of the molecule is CC(=O)c1ccc(CN(C(=O)[C@@H]2Cc3ccccc3CN2C(=O)[C@@H](N)C(C)(C)C)[C@H](C)c2ccccc2Cl)cc1. The number of benzene rings is 3. The summed E-state index contributed by atoms with van der Waals surface area (Å²) in [6, 6.07) is 20.8. The molecule has 0 spiro atoms. The molecule has 3 atom stereocenters. The van der Waals surface area contributed by atoms with E-state index in [4.69, 9.17) is 17.3 Å². The lowest BCUT2D eigenvalue weighted by molar-refractivity contribution is -0.151. The lowest BCUT2D eigenvalue weighted by Crippen LogP contribution is -2.59. The van der Waals surface area contributed by atoms with Crippen molar-refractivity contribution in [3.05, 3.63) is 106 Å². The molecule has 6 nitrogen and oxygen atoms in total. The summed E-state index contributed by atoms with van der Waals surface area (Å²) in [6.07, 6.45) is 0.395. The van der Waals surface area contributed by atoms with Crippen molar-refractivity contribution in [3.8, 4) is 0 Å². The topological polar surface area (TPSA) is 83.7 Å². The van der Waals surface area contributed by atoms with Gasteiger partial charge >= 0.3 is 0 Å². The van der Waals surface area contributed by atoms with Gasteiger partial charge in [-0.1, -0.05) is 99.1 Å². The molecule has 4 rings (SSSR count). The number of halogens is 1. The van der Waals surface area contributed by atoms with Gasteiger partial charge in [-0.25, -0.2) is 0 Å². The van der Waals surface area contributed by atoms with Crippen LogP contribution in [0.2, 0.25) is 5.02 Å². The monoisotopic (exact) mass is 559 g/mol. The van der Waals surface area contributed by atoms with E-state index in [-0.39, 0.29) is 30.2 Å². The van der Waals surface area contributed by atoms with Crippen LogP contribution in [-0.4, -0.2) is 39.5 Å². The van der Waals surface area contributed by atoms with Crippen LogP contribution in [0, 0.1) is 5.41 Å². The molecule has 1 heterocycles. The fourth-order valence-corrected chi connectivity index (χ4v) is 5.44. The maximum absolute atomic E-state index is 14.6. The number of hydrogen-bond donors (Lipinski definition) is 1. The first-order chi connectivity index (χ1) is 18.9. The Hall–Kier alpha value is -3.48. The molecule has 1 aliphatic heterocycles. The van der Waals surface area contributed by atoms with E-state index < -0.39 is 17.5 Å². The van der Waals surface area contributed by atoms with E-state index in [1.165, 1.54) is 6.92 Å². The van der Waals surface area contributed by atoms with Gasteiger partial charge in [-0.15, -0.1) is 0 Å². The fraction of sp³-hybridized carbons (Fsp3) is 0.364. The minimum absolute atomic E-state index is 0.0193. The van der Waals surface area contributed by atoms with Gasteiger partial charge in [0.05, 0.1) is 12.1 Å². The van der Waals surface area contributed by atoms with Gasteiger partial charge in [0.25, 0.3) is 0 Å². The van der Waals surface area contributed by atoms with E-state index >= 15 is 0 Å². The predicted octanol–water partition coefficient (Wildman–Crippen LogP) is 5.96. The number of hydrogen-bond acceptors (Lipinski definition) is 4. The highest BCUT2D eigenvalue weighted by Gasteiger charge is 2.42. The third kappa shape index (κ3) is 6.29. The van der Waals surface area contributed by atoms with Gasteiger partial charge in [0.15, 0.2) is 5.78 Å². The van der Waals surface area contributed by atoms with Crippen LogP contribution in [0.25, 0.3) is 0 Å². The Bertz CT molecular complexity index is 1400. The van der Waals surface area contributed by atoms with Crippen LogP contribution in [0.3, 0.4) is 0 Å². The maximum atomic E-state index is 14.6. The van der Waals surface area contributed by atoms with E-state index in [1.807, 2.05) is 88.4 Å². The molecule has 0 radical (unpaired) electrons. The largest absolute Gasteiger partial charge is 0.330 e. The summed E-state index contributed by atoms with van der Waals surface area (Å²) in [5.41, 5.74) is 10.4. The Morgan fingerprint density at radius 2 is 1.57 bits per heavy atom. The van der Waals surface area contributed by atoms with E-state index in [1.54, 1.807) is 21.9 Å². The zero-order valence-corrected chi connectivity index (χ0v) is 24.6. The number of nitrogens with zero attached hydrogens (tertiary/aromatic N) is 2. The lowest BCUT2D eigenvalue weighted by atomic mass is 9.85. The lowest BCUT2D eigenvalue weighted by Gasteiger charge is -2.42. The second-order valence-corrected chi connectivity index (χ2v) is 12.1. The Balaban J connectivity index is 1.76. The van der Waals surface area contributed by atoms with Gasteiger partial charge in [0, 0.05) is 30.1 Å². The molecule has 7 heteroatoms. The van der Waals surface area contributed by atoms with Crippen molar-refractivity contribution >= 4 is 29.2 Å². The fourth-order valence-electron chi connectivity index (χ4n) is 5.14. The number of ketones is 1. The first-order valence-corrected chi connectivity index (χ1v) is 14.0. The van der Waals surface area contributed by atoms with E-state index in [0.717, 1.165) is 22.3 Å². The average molecular weight is 560 g/mol. The number of Topliss-reactive ketones (excluding diaryl/α,β-unsaturated/α-hetero) is 1. The predicted molar refractivity (Wildman–Crippen MR) is 159 cm³/mol. The molecule has 0 bridgehead atoms. The number of carbonyl (C=O) groups excluding carboxylic acids is 3. The number of fused-ring (bicyclic) bond motifs is 1. The van der Waals surface area contributed by atoms with Gasteiger partial charge in [-0.05, 0) is 47.6 Å². The van der Waals surface area contributed by atoms with Crippen LogP contribution >= 0.6 is 11.6 Å². The van der Waals surface area contributed by atoms with Gasteiger partial charge in [-0.3, -0.25) is 14.4 Å². The van der Waals surface area contributed by atoms with Crippen molar-refractivity contribution in [2.45, 2.75) is 72.3 Å². The molecule has 210 valence electrons. The normalized spacial score (nSPS) is 16.6. The molecule has 0 unspecified atom stereocenters. The Labute approximate surface area is 242 Å². The zero-order valence-electron chi connectivity index (χ0n) is 23.9. The molecule has 0 aromatic heterocycles. The third-order valence-electron chi connectivity index (χ3n) is 7.84. The van der Waals surface area contributed by atoms with Crippen LogP contribution in [0.4, 0.5) is 0 Å². The minimum atomic E-state index is -0.762. The second-order valence-electron chi connectivity index (χ2n) is 11.7. The van der Waals surface area contributed by atoms with E-state index in [2.05, 4.69) is 0 Å². The highest BCUT2D eigenvalue weighted by Crippen LogP contribution is 2.33. The van der Waals surface area contributed by atoms with Crippen molar-refractivity contribution in [3.63, 3.8) is 0 Å². The zero-order chi connectivity index (χ0) is 29.2. The summed E-state index contributed by atoms with van der Waals surface area (Å²) in [5, 5.41) is 0.566. The van der Waals surface area contributed by atoms with Crippen LogP contribution < -0.4 is 5.73 Å². The summed E-state index contributed by atoms with van der Waals surface area (Å²) in [4.78, 5) is 43.7. The smallest absolute Gasteiger partial charge is 0.246 e. The molecular formula is C33H38ClN3O3. The molecule has 40 heavy (non-hydrogen) atoms. The minimum Gasteiger partial charge on any atom is -0.330 e. The van der Waals surface area contributed by atoms with Gasteiger partial charge < -0.3 is 15.5 Å². The van der Waals surface area contributed by atoms with Crippen molar-refractivity contribution in [2.75, 3.05) is 0 Å². The Morgan fingerprint density at radius 3 is 2.17 bits per heavy atom. The Morgan fingerprint density at radius 1 is 0.975 bits per heavy atom. The van der Waals surface area contributed by atoms with E-state index in [0.29, 0.717) is 23.6 Å². The molecule has 2 N–H and O–H groups in total. The molecule has 1 aliphatic rings. The molecular weight excluding hydrogens is 522 g/mol. The van der Waals surface area contributed by atoms with Crippen molar-refractivity contribution in [1.29, 1.82) is 0 Å². The summed E-state index contributed by atoms with van der Waals surface area (Å²) >= 11 is 6.59. The van der Waals surface area contributed by atoms with E-state index in [9.17, 15) is 14.4 Å². The molecule has 0 aliphatic carbocycles. The molecule has 0 saturated heterocycles. The molecule has 0 saturated carbocycles.